The van der Waals surface area contributed by atoms with Gasteiger partial charge >= 0.3 is 13.8 Å². The lowest BCUT2D eigenvalue weighted by Crippen LogP contribution is -2.22. The Hall–Kier alpha value is -1.98. The van der Waals surface area contributed by atoms with E-state index >= 15 is 0 Å². The Kier molecular flexibility index (Phi) is 7.34. The maximum absolute atomic E-state index is 12.9. The van der Waals surface area contributed by atoms with Gasteiger partial charge in [0.15, 0.2) is 6.10 Å². The second-order valence-electron chi connectivity index (χ2n) is 5.24. The third kappa shape index (κ3) is 6.44. The van der Waals surface area contributed by atoms with Crippen LogP contribution in [0.1, 0.15) is 18.1 Å². The van der Waals surface area contributed by atoms with Gasteiger partial charge in [-0.1, -0.05) is 60.7 Å². The fourth-order valence-corrected chi connectivity index (χ4v) is 3.24. The van der Waals surface area contributed by atoms with Crippen LogP contribution in [-0.4, -0.2) is 19.2 Å². The van der Waals surface area contributed by atoms with E-state index in [0.29, 0.717) is 0 Å². The number of methoxy groups -OCH3 is 1. The summed E-state index contributed by atoms with van der Waals surface area (Å²) in [7, 11) is -2.75. The summed E-state index contributed by atoms with van der Waals surface area (Å²) in [6.45, 7) is 1.48. The van der Waals surface area contributed by atoms with Crippen molar-refractivity contribution in [2.75, 3.05) is 7.11 Å². The fraction of sp³-hybridized carbons (Fsp3) is 0.278. The summed E-state index contributed by atoms with van der Waals surface area (Å²) in [4.78, 5) is 11.6. The lowest BCUT2D eigenvalue weighted by molar-refractivity contribution is -0.149. The molecule has 0 aliphatic rings. The average molecular weight is 364 g/mol. The van der Waals surface area contributed by atoms with E-state index in [4.69, 9.17) is 13.6 Å². The van der Waals surface area contributed by atoms with E-state index in [1.807, 2.05) is 60.7 Å². The molecule has 2 aromatic rings. The highest BCUT2D eigenvalue weighted by molar-refractivity contribution is 7.48. The van der Waals surface area contributed by atoms with E-state index in [-0.39, 0.29) is 13.2 Å². The zero-order chi connectivity index (χ0) is 18.1. The van der Waals surface area contributed by atoms with Gasteiger partial charge in [-0.2, -0.15) is 0 Å². The molecule has 0 aliphatic carbocycles. The smallest absolute Gasteiger partial charge is 0.467 e. The monoisotopic (exact) mass is 364 g/mol. The standard InChI is InChI=1S/C18H21O6P/c1-15(18(19)21-2)24-25(20,22-13-16-9-5-3-6-10-16)23-14-17-11-7-4-8-12-17/h3-12,15H,13-14H2,1-2H3. The third-order valence-corrected chi connectivity index (χ3v) is 4.75. The van der Waals surface area contributed by atoms with Crippen LogP contribution in [0.3, 0.4) is 0 Å². The Balaban J connectivity index is 2.06. The Morgan fingerprint density at radius 1 is 0.920 bits per heavy atom. The number of carbonyl (C=O) groups excluding carboxylic acids is 1. The van der Waals surface area contributed by atoms with E-state index in [9.17, 15) is 9.36 Å². The van der Waals surface area contributed by atoms with Crippen LogP contribution in [-0.2, 0) is 40.9 Å². The summed E-state index contributed by atoms with van der Waals surface area (Å²) in [5.41, 5.74) is 1.61. The van der Waals surface area contributed by atoms with Gasteiger partial charge < -0.3 is 4.74 Å². The lowest BCUT2D eigenvalue weighted by Gasteiger charge is -2.21. The number of carbonyl (C=O) groups is 1. The van der Waals surface area contributed by atoms with Gasteiger partial charge in [-0.25, -0.2) is 9.36 Å². The zero-order valence-electron chi connectivity index (χ0n) is 14.2. The molecule has 6 nitrogen and oxygen atoms in total. The van der Waals surface area contributed by atoms with Crippen molar-refractivity contribution in [3.63, 3.8) is 0 Å². The molecule has 25 heavy (non-hydrogen) atoms. The molecule has 0 saturated heterocycles. The van der Waals surface area contributed by atoms with Crippen LogP contribution in [0.25, 0.3) is 0 Å². The zero-order valence-corrected chi connectivity index (χ0v) is 15.1. The normalized spacial score (nSPS) is 12.6. The van der Waals surface area contributed by atoms with Crippen molar-refractivity contribution in [1.29, 1.82) is 0 Å². The summed E-state index contributed by atoms with van der Waals surface area (Å²) in [6, 6.07) is 18.4. The Labute approximate surface area is 147 Å². The summed E-state index contributed by atoms with van der Waals surface area (Å²) < 4.78 is 33.6. The molecule has 7 heteroatoms. The maximum Gasteiger partial charge on any atom is 0.476 e. The first-order valence-electron chi connectivity index (χ1n) is 7.75. The number of hydrogen-bond donors (Lipinski definition) is 0. The highest BCUT2D eigenvalue weighted by Crippen LogP contribution is 2.52. The van der Waals surface area contributed by atoms with Crippen LogP contribution >= 0.6 is 7.82 Å². The number of rotatable bonds is 9. The molecule has 2 aromatic carbocycles. The molecular weight excluding hydrogens is 343 g/mol. The molecule has 1 atom stereocenters. The number of hydrogen-bond acceptors (Lipinski definition) is 6. The van der Waals surface area contributed by atoms with Gasteiger partial charge in [-0.05, 0) is 18.1 Å². The van der Waals surface area contributed by atoms with Crippen LogP contribution in [0, 0.1) is 0 Å². The average Bonchev–Trinajstić information content (AvgIpc) is 2.66. The first-order valence-corrected chi connectivity index (χ1v) is 9.21. The van der Waals surface area contributed by atoms with Gasteiger partial charge in [0.2, 0.25) is 0 Å². The molecule has 0 saturated carbocycles. The van der Waals surface area contributed by atoms with Crippen molar-refractivity contribution in [3.8, 4) is 0 Å². The molecule has 2 rings (SSSR count). The maximum atomic E-state index is 12.9. The minimum atomic E-state index is -3.97. The predicted octanol–water partition coefficient (Wildman–Crippen LogP) is 4.11. The van der Waals surface area contributed by atoms with Gasteiger partial charge in [0.05, 0.1) is 20.3 Å². The Morgan fingerprint density at radius 2 is 1.36 bits per heavy atom. The van der Waals surface area contributed by atoms with Crippen molar-refractivity contribution in [2.24, 2.45) is 0 Å². The first kappa shape index (κ1) is 19.3. The van der Waals surface area contributed by atoms with E-state index in [1.165, 1.54) is 14.0 Å². The Morgan fingerprint density at radius 3 is 1.76 bits per heavy atom. The second-order valence-corrected chi connectivity index (χ2v) is 6.86. The summed E-state index contributed by atoms with van der Waals surface area (Å²) in [6.07, 6.45) is -1.08. The quantitative estimate of drug-likeness (QED) is 0.493. The molecule has 0 N–H and O–H groups in total. The third-order valence-electron chi connectivity index (χ3n) is 3.28. The summed E-state index contributed by atoms with van der Waals surface area (Å²) in [5, 5.41) is 0. The predicted molar refractivity (Wildman–Crippen MR) is 92.6 cm³/mol. The summed E-state index contributed by atoms with van der Waals surface area (Å²) in [5.74, 6) is -0.660. The van der Waals surface area contributed by atoms with Crippen LogP contribution in [0.2, 0.25) is 0 Å². The van der Waals surface area contributed by atoms with E-state index < -0.39 is 19.9 Å². The number of ether oxygens (including phenoxy) is 1. The summed E-state index contributed by atoms with van der Waals surface area (Å²) >= 11 is 0. The van der Waals surface area contributed by atoms with E-state index in [2.05, 4.69) is 4.74 Å². The molecule has 0 bridgehead atoms. The minimum Gasteiger partial charge on any atom is -0.467 e. The largest absolute Gasteiger partial charge is 0.476 e. The fourth-order valence-electron chi connectivity index (χ4n) is 1.96. The minimum absolute atomic E-state index is 0.0286. The van der Waals surface area contributed by atoms with Crippen LogP contribution < -0.4 is 0 Å². The molecule has 134 valence electrons. The molecule has 0 amide bonds. The van der Waals surface area contributed by atoms with Crippen LogP contribution in [0.4, 0.5) is 0 Å². The van der Waals surface area contributed by atoms with Crippen molar-refractivity contribution >= 4 is 13.8 Å². The number of phosphoric ester groups is 1. The Bertz CT molecular complexity index is 657. The van der Waals surface area contributed by atoms with Gasteiger partial charge in [-0.3, -0.25) is 13.6 Å². The van der Waals surface area contributed by atoms with Crippen molar-refractivity contribution in [3.05, 3.63) is 71.8 Å². The number of phosphoric acid groups is 1. The van der Waals surface area contributed by atoms with Gasteiger partial charge in [-0.15, -0.1) is 0 Å². The molecule has 0 heterocycles. The van der Waals surface area contributed by atoms with Crippen LogP contribution in [0.5, 0.6) is 0 Å². The lowest BCUT2D eigenvalue weighted by atomic mass is 10.2. The molecule has 0 radical (unpaired) electrons. The first-order chi connectivity index (χ1) is 12.0. The molecule has 1 unspecified atom stereocenters. The molecule has 0 spiro atoms. The molecule has 0 aliphatic heterocycles. The van der Waals surface area contributed by atoms with E-state index in [1.54, 1.807) is 0 Å². The van der Waals surface area contributed by atoms with Crippen molar-refractivity contribution < 1.29 is 27.7 Å². The number of esters is 1. The van der Waals surface area contributed by atoms with Gasteiger partial charge in [0.1, 0.15) is 0 Å². The topological polar surface area (TPSA) is 71.1 Å². The SMILES string of the molecule is COC(=O)C(C)OP(=O)(OCc1ccccc1)OCc1ccccc1. The molecular formula is C18H21O6P. The second kappa shape index (κ2) is 9.49. The van der Waals surface area contributed by atoms with Crippen molar-refractivity contribution in [2.45, 2.75) is 26.2 Å². The van der Waals surface area contributed by atoms with Gasteiger partial charge in [0, 0.05) is 0 Å². The van der Waals surface area contributed by atoms with Gasteiger partial charge in [0.25, 0.3) is 0 Å². The number of benzene rings is 2. The van der Waals surface area contributed by atoms with Crippen molar-refractivity contribution in [1.82, 2.24) is 0 Å². The van der Waals surface area contributed by atoms with E-state index in [0.717, 1.165) is 11.1 Å². The molecule has 0 aromatic heterocycles. The highest BCUT2D eigenvalue weighted by atomic mass is 31.2. The molecule has 0 fully saturated rings. The van der Waals surface area contributed by atoms with Crippen LogP contribution in [0.15, 0.2) is 60.7 Å². The highest BCUT2D eigenvalue weighted by Gasteiger charge is 2.32.